The quantitative estimate of drug-likeness (QED) is 0.238. The predicted octanol–water partition coefficient (Wildman–Crippen LogP) is 4.38. The number of aromatic nitrogens is 1. The number of nitrogens with one attached hydrogen (secondary N) is 1. The molecule has 6 rings (SSSR count). The molecule has 0 radical (unpaired) electrons. The Morgan fingerprint density at radius 1 is 0.974 bits per heavy atom. The summed E-state index contributed by atoms with van der Waals surface area (Å²) in [6.07, 6.45) is 1.47. The Morgan fingerprint density at radius 2 is 1.77 bits per heavy atom. The molecular weight excluding hydrogens is 502 g/mol. The number of benzene rings is 3. The van der Waals surface area contributed by atoms with E-state index in [1.165, 1.54) is 7.11 Å². The second-order valence-corrected chi connectivity index (χ2v) is 9.15. The summed E-state index contributed by atoms with van der Waals surface area (Å²) >= 11 is 0. The van der Waals surface area contributed by atoms with Crippen LogP contribution < -0.4 is 19.8 Å². The van der Waals surface area contributed by atoms with Crippen LogP contribution in [0.2, 0.25) is 0 Å². The van der Waals surface area contributed by atoms with Gasteiger partial charge >= 0.3 is 11.9 Å². The number of hydrogen-bond acceptors (Lipinski definition) is 8. The highest BCUT2D eigenvalue weighted by Gasteiger charge is 2.39. The van der Waals surface area contributed by atoms with Crippen molar-refractivity contribution >= 4 is 34.7 Å². The van der Waals surface area contributed by atoms with E-state index >= 15 is 0 Å². The number of ether oxygens (including phenoxy) is 4. The molecule has 0 amide bonds. The zero-order valence-electron chi connectivity index (χ0n) is 20.9. The molecule has 1 atom stereocenters. The number of esters is 2. The van der Waals surface area contributed by atoms with Crippen molar-refractivity contribution in [1.29, 1.82) is 0 Å². The fourth-order valence-corrected chi connectivity index (χ4v) is 4.94. The van der Waals surface area contributed by atoms with Crippen LogP contribution in [-0.4, -0.2) is 36.9 Å². The molecule has 3 aromatic carbocycles. The fourth-order valence-electron chi connectivity index (χ4n) is 4.94. The van der Waals surface area contributed by atoms with E-state index in [4.69, 9.17) is 18.9 Å². The number of methoxy groups -OCH3 is 2. The molecule has 39 heavy (non-hydrogen) atoms. The molecule has 0 saturated carbocycles. The van der Waals surface area contributed by atoms with E-state index in [0.717, 1.165) is 5.39 Å². The highest BCUT2D eigenvalue weighted by atomic mass is 16.5. The molecule has 3 heterocycles. The van der Waals surface area contributed by atoms with Crippen LogP contribution in [-0.2, 0) is 9.53 Å². The van der Waals surface area contributed by atoms with Crippen LogP contribution in [0.1, 0.15) is 49.7 Å². The minimum atomic E-state index is -0.696. The second-order valence-electron chi connectivity index (χ2n) is 9.15. The molecule has 1 unspecified atom stereocenters. The standard InChI is InChI=1S/C30H21NO8/c1-36-18-8-7-17-12-21(29(34)31-22(17)13-18)20-14-25(32)38-23-10-9-19-27(33)24(39-28(19)26(20)23)11-15-3-5-16(6-4-15)30(35)37-2/h3-13,20H,14H2,1-2H3,(H,31,34)/b24-11-. The first-order valence-corrected chi connectivity index (χ1v) is 12.1. The lowest BCUT2D eigenvalue weighted by atomic mass is 9.85. The maximum Gasteiger partial charge on any atom is 0.337 e. The summed E-state index contributed by atoms with van der Waals surface area (Å²) in [6, 6.07) is 16.7. The van der Waals surface area contributed by atoms with Crippen LogP contribution in [0.3, 0.4) is 0 Å². The van der Waals surface area contributed by atoms with E-state index < -0.39 is 17.9 Å². The van der Waals surface area contributed by atoms with Crippen LogP contribution in [0, 0.1) is 0 Å². The minimum Gasteiger partial charge on any atom is -0.497 e. The molecule has 0 spiro atoms. The fraction of sp³-hybridized carbons (Fsp3) is 0.133. The lowest BCUT2D eigenvalue weighted by Gasteiger charge is -2.26. The molecule has 0 bridgehead atoms. The summed E-state index contributed by atoms with van der Waals surface area (Å²) in [4.78, 5) is 53.6. The Labute approximate surface area is 221 Å². The first kappa shape index (κ1) is 24.2. The lowest BCUT2D eigenvalue weighted by Crippen LogP contribution is -2.26. The Bertz CT molecular complexity index is 1780. The molecule has 0 fully saturated rings. The number of H-pyrrole nitrogens is 1. The molecule has 194 valence electrons. The Morgan fingerprint density at radius 3 is 2.51 bits per heavy atom. The first-order chi connectivity index (χ1) is 18.9. The molecule has 1 aromatic heterocycles. The summed E-state index contributed by atoms with van der Waals surface area (Å²) in [6.45, 7) is 0. The topological polar surface area (TPSA) is 121 Å². The SMILES string of the molecule is COC(=O)c1ccc(/C=C2\Oc3c(ccc4c3C(c3cc5ccc(OC)cc5[nH]c3=O)CC(=O)O4)C2=O)cc1. The van der Waals surface area contributed by atoms with E-state index in [0.29, 0.717) is 39.1 Å². The van der Waals surface area contributed by atoms with Gasteiger partial charge in [0, 0.05) is 23.1 Å². The van der Waals surface area contributed by atoms with Gasteiger partial charge in [0.25, 0.3) is 5.56 Å². The van der Waals surface area contributed by atoms with Gasteiger partial charge in [-0.05, 0) is 59.5 Å². The molecule has 1 N–H and O–H groups in total. The van der Waals surface area contributed by atoms with Gasteiger partial charge in [-0.15, -0.1) is 0 Å². The van der Waals surface area contributed by atoms with Crippen LogP contribution >= 0.6 is 0 Å². The molecule has 0 saturated heterocycles. The van der Waals surface area contributed by atoms with Gasteiger partial charge in [-0.25, -0.2) is 4.79 Å². The normalized spacial score (nSPS) is 16.9. The van der Waals surface area contributed by atoms with E-state index in [-0.39, 0.29) is 35.0 Å². The van der Waals surface area contributed by atoms with Gasteiger partial charge in [-0.3, -0.25) is 14.4 Å². The number of carbonyl (C=O) groups excluding carboxylic acids is 3. The monoisotopic (exact) mass is 523 g/mol. The molecule has 2 aliphatic rings. The third-order valence-electron chi connectivity index (χ3n) is 6.87. The van der Waals surface area contributed by atoms with Crippen LogP contribution in [0.5, 0.6) is 17.2 Å². The second kappa shape index (κ2) is 9.29. The average molecular weight is 523 g/mol. The highest BCUT2D eigenvalue weighted by molar-refractivity contribution is 6.15. The summed E-state index contributed by atoms with van der Waals surface area (Å²) in [7, 11) is 2.84. The maximum absolute atomic E-state index is 13.3. The maximum atomic E-state index is 13.3. The van der Waals surface area contributed by atoms with E-state index in [1.807, 2.05) is 6.07 Å². The number of fused-ring (bicyclic) bond motifs is 4. The molecule has 0 aliphatic carbocycles. The number of carbonyl (C=O) groups is 3. The van der Waals surface area contributed by atoms with Crippen LogP contribution in [0.4, 0.5) is 0 Å². The Balaban J connectivity index is 1.42. The smallest absolute Gasteiger partial charge is 0.337 e. The van der Waals surface area contributed by atoms with Crippen molar-refractivity contribution in [2.24, 2.45) is 0 Å². The van der Waals surface area contributed by atoms with Crippen molar-refractivity contribution < 1.29 is 33.3 Å². The van der Waals surface area contributed by atoms with Crippen molar-refractivity contribution in [1.82, 2.24) is 4.98 Å². The molecule has 4 aromatic rings. The number of aromatic amines is 1. The van der Waals surface area contributed by atoms with Crippen LogP contribution in [0.15, 0.2) is 71.2 Å². The summed E-state index contributed by atoms with van der Waals surface area (Å²) in [5.74, 6) is -0.849. The van der Waals surface area contributed by atoms with Gasteiger partial charge in [0.15, 0.2) is 5.76 Å². The number of allylic oxidation sites excluding steroid dienone is 1. The van der Waals surface area contributed by atoms with E-state index in [1.54, 1.807) is 67.8 Å². The molecule has 9 nitrogen and oxygen atoms in total. The van der Waals surface area contributed by atoms with Gasteiger partial charge in [-0.2, -0.15) is 0 Å². The summed E-state index contributed by atoms with van der Waals surface area (Å²) in [5, 5.41) is 0.756. The van der Waals surface area contributed by atoms with Crippen LogP contribution in [0.25, 0.3) is 17.0 Å². The minimum absolute atomic E-state index is 0.0689. The third kappa shape index (κ3) is 4.14. The summed E-state index contributed by atoms with van der Waals surface area (Å²) in [5.41, 5.74) is 2.35. The van der Waals surface area contributed by atoms with Crippen molar-refractivity contribution in [3.8, 4) is 17.2 Å². The Hall–Kier alpha value is -5.18. The zero-order chi connectivity index (χ0) is 27.3. The lowest BCUT2D eigenvalue weighted by molar-refractivity contribution is -0.135. The van der Waals surface area contributed by atoms with Gasteiger partial charge in [0.05, 0.1) is 37.3 Å². The van der Waals surface area contributed by atoms with E-state index in [9.17, 15) is 19.2 Å². The van der Waals surface area contributed by atoms with Gasteiger partial charge in [0.2, 0.25) is 5.78 Å². The number of Topliss-reactive ketones (excluding diaryl/α,β-unsaturated/α-hetero) is 1. The predicted molar refractivity (Wildman–Crippen MR) is 140 cm³/mol. The molecular formula is C30H21NO8. The van der Waals surface area contributed by atoms with E-state index in [2.05, 4.69) is 4.98 Å². The van der Waals surface area contributed by atoms with Gasteiger partial charge < -0.3 is 23.9 Å². The van der Waals surface area contributed by atoms with Crippen molar-refractivity contribution in [2.45, 2.75) is 12.3 Å². The summed E-state index contributed by atoms with van der Waals surface area (Å²) < 4.78 is 21.5. The third-order valence-corrected chi connectivity index (χ3v) is 6.87. The van der Waals surface area contributed by atoms with Crippen molar-refractivity contribution in [3.63, 3.8) is 0 Å². The average Bonchev–Trinajstić information content (AvgIpc) is 3.26. The number of pyridine rings is 1. The highest BCUT2D eigenvalue weighted by Crippen LogP contribution is 2.48. The first-order valence-electron chi connectivity index (χ1n) is 12.1. The largest absolute Gasteiger partial charge is 0.497 e. The number of rotatable bonds is 4. The zero-order valence-corrected chi connectivity index (χ0v) is 20.9. The van der Waals surface area contributed by atoms with Crippen molar-refractivity contribution in [2.75, 3.05) is 14.2 Å². The number of hydrogen-bond donors (Lipinski definition) is 1. The Kier molecular flexibility index (Phi) is 5.76. The molecule has 9 heteroatoms. The van der Waals surface area contributed by atoms with Gasteiger partial charge in [-0.1, -0.05) is 12.1 Å². The molecule has 2 aliphatic heterocycles. The number of ketones is 1. The van der Waals surface area contributed by atoms with Gasteiger partial charge in [0.1, 0.15) is 17.2 Å². The van der Waals surface area contributed by atoms with Crippen molar-refractivity contribution in [3.05, 3.63) is 105 Å².